The van der Waals surface area contributed by atoms with E-state index in [9.17, 15) is 19.5 Å². The smallest absolute Gasteiger partial charge is 0.408 e. The Bertz CT molecular complexity index is 1540. The van der Waals surface area contributed by atoms with Gasteiger partial charge in [0, 0.05) is 24.2 Å². The molecular formula is C36H43FN4O5. The van der Waals surface area contributed by atoms with Crippen molar-refractivity contribution in [2.45, 2.75) is 89.1 Å². The van der Waals surface area contributed by atoms with E-state index in [1.807, 2.05) is 81.4 Å². The van der Waals surface area contributed by atoms with Gasteiger partial charge in [0.05, 0.1) is 23.1 Å². The number of hydrogen-bond donors (Lipinski definition) is 3. The van der Waals surface area contributed by atoms with Crippen molar-refractivity contribution in [3.63, 3.8) is 0 Å². The standard InChI is InChI=1S/C36H43FN4O5/c1-35(2,3)46-33(43)40-36(19-8-20-36)26-15-11-25(12-16-26)31-29(23-9-6-5-7-10-23)21-27(22-38-31)39-32(42)30(37)24-13-17-28(18-14-24)41(4)34(44)45/h5-7,9-12,15-16,21-22,24,28,30H,8,13-14,17-20H2,1-4H3,(H,39,42)(H,40,43)(H,44,45)/t24-,28-,30?. The molecule has 2 saturated carbocycles. The third kappa shape index (κ3) is 7.49. The number of alkyl halides is 1. The molecule has 0 spiro atoms. The topological polar surface area (TPSA) is 121 Å². The number of anilines is 1. The summed E-state index contributed by atoms with van der Waals surface area (Å²) in [5, 5.41) is 15.1. The molecule has 2 aliphatic rings. The number of benzene rings is 2. The molecule has 2 aromatic carbocycles. The first-order chi connectivity index (χ1) is 21.8. The molecule has 1 atom stereocenters. The second kappa shape index (κ2) is 13.5. The van der Waals surface area contributed by atoms with E-state index in [-0.39, 0.29) is 6.04 Å². The van der Waals surface area contributed by atoms with Crippen molar-refractivity contribution >= 4 is 23.8 Å². The molecule has 5 rings (SSSR count). The fraction of sp³-hybridized carbons (Fsp3) is 0.444. The molecule has 1 unspecified atom stereocenters. The van der Waals surface area contributed by atoms with Crippen molar-refractivity contribution in [1.29, 1.82) is 0 Å². The lowest BCUT2D eigenvalue weighted by Crippen LogP contribution is -2.52. The number of carbonyl (C=O) groups is 3. The number of aromatic nitrogens is 1. The van der Waals surface area contributed by atoms with Crippen LogP contribution in [0.1, 0.15) is 71.3 Å². The van der Waals surface area contributed by atoms with Crippen molar-refractivity contribution in [3.05, 3.63) is 72.4 Å². The van der Waals surface area contributed by atoms with E-state index >= 15 is 4.39 Å². The molecule has 9 nitrogen and oxygen atoms in total. The van der Waals surface area contributed by atoms with E-state index < -0.39 is 41.3 Å². The molecule has 1 heterocycles. The normalized spacial score (nSPS) is 19.7. The molecule has 2 aliphatic carbocycles. The minimum atomic E-state index is -1.71. The van der Waals surface area contributed by atoms with Crippen LogP contribution in [0.5, 0.6) is 0 Å². The second-order valence-electron chi connectivity index (χ2n) is 13.5. The molecule has 1 aromatic heterocycles. The van der Waals surface area contributed by atoms with Gasteiger partial charge >= 0.3 is 12.2 Å². The number of halogens is 1. The van der Waals surface area contributed by atoms with Crippen LogP contribution < -0.4 is 10.6 Å². The van der Waals surface area contributed by atoms with Crippen LogP contribution in [0.15, 0.2) is 66.9 Å². The second-order valence-corrected chi connectivity index (χ2v) is 13.5. The molecule has 0 aliphatic heterocycles. The van der Waals surface area contributed by atoms with Gasteiger partial charge in [-0.2, -0.15) is 0 Å². The van der Waals surface area contributed by atoms with Gasteiger partial charge in [0.1, 0.15) is 5.60 Å². The van der Waals surface area contributed by atoms with Crippen molar-refractivity contribution in [2.24, 2.45) is 5.92 Å². The first kappa shape index (κ1) is 32.9. The molecule has 0 saturated heterocycles. The highest BCUT2D eigenvalue weighted by atomic mass is 19.1. The Morgan fingerprint density at radius 2 is 1.65 bits per heavy atom. The quantitative estimate of drug-likeness (QED) is 0.234. The number of pyridine rings is 1. The molecule has 0 radical (unpaired) electrons. The number of amides is 3. The number of alkyl carbamates (subject to hydrolysis) is 1. The Kier molecular flexibility index (Phi) is 9.65. The van der Waals surface area contributed by atoms with Gasteiger partial charge < -0.3 is 25.4 Å². The molecule has 3 N–H and O–H groups in total. The summed E-state index contributed by atoms with van der Waals surface area (Å²) in [6.07, 6.45) is 2.96. The van der Waals surface area contributed by atoms with E-state index in [4.69, 9.17) is 9.72 Å². The highest BCUT2D eigenvalue weighted by Crippen LogP contribution is 2.42. The van der Waals surface area contributed by atoms with E-state index in [1.54, 1.807) is 0 Å². The van der Waals surface area contributed by atoms with Gasteiger partial charge in [-0.15, -0.1) is 0 Å². The molecule has 0 bridgehead atoms. The van der Waals surface area contributed by atoms with Crippen LogP contribution in [0.3, 0.4) is 0 Å². The van der Waals surface area contributed by atoms with Crippen LogP contribution in [-0.2, 0) is 15.1 Å². The number of nitrogens with zero attached hydrogens (tertiary/aromatic N) is 2. The fourth-order valence-corrected chi connectivity index (χ4v) is 6.43. The summed E-state index contributed by atoms with van der Waals surface area (Å²) in [5.41, 5.74) is 3.56. The number of carboxylic acid groups (broad SMARTS) is 1. The average molecular weight is 631 g/mol. The Hall–Kier alpha value is -4.47. The molecule has 3 aromatic rings. The SMILES string of the molecule is CN(C(=O)O)[C@H]1CC[C@H](C(F)C(=O)Nc2cnc(-c3ccc(C4(NC(=O)OC(C)(C)C)CCC4)cc3)c(-c3ccccc3)c2)CC1. The molecule has 244 valence electrons. The minimum Gasteiger partial charge on any atom is -0.465 e. The summed E-state index contributed by atoms with van der Waals surface area (Å²) >= 11 is 0. The first-order valence-electron chi connectivity index (χ1n) is 15.9. The lowest BCUT2D eigenvalue weighted by Gasteiger charge is -2.43. The summed E-state index contributed by atoms with van der Waals surface area (Å²) in [7, 11) is 1.52. The molecular weight excluding hydrogens is 587 g/mol. The monoisotopic (exact) mass is 630 g/mol. The van der Waals surface area contributed by atoms with Gasteiger partial charge in [-0.1, -0.05) is 54.6 Å². The van der Waals surface area contributed by atoms with E-state index in [2.05, 4.69) is 10.6 Å². The highest BCUT2D eigenvalue weighted by molar-refractivity contribution is 5.95. The molecule has 3 amide bonds. The van der Waals surface area contributed by atoms with Crippen LogP contribution in [0.4, 0.5) is 19.7 Å². The maximum Gasteiger partial charge on any atom is 0.408 e. The van der Waals surface area contributed by atoms with Gasteiger partial charge in [0.15, 0.2) is 6.17 Å². The van der Waals surface area contributed by atoms with Gasteiger partial charge in [-0.3, -0.25) is 9.78 Å². The first-order valence-corrected chi connectivity index (χ1v) is 15.9. The lowest BCUT2D eigenvalue weighted by molar-refractivity contribution is -0.123. The van der Waals surface area contributed by atoms with Gasteiger partial charge in [0.25, 0.3) is 5.91 Å². The van der Waals surface area contributed by atoms with Crippen molar-refractivity contribution in [1.82, 2.24) is 15.2 Å². The van der Waals surface area contributed by atoms with E-state index in [1.165, 1.54) is 18.1 Å². The number of hydrogen-bond acceptors (Lipinski definition) is 5. The number of ether oxygens (including phenoxy) is 1. The lowest BCUT2D eigenvalue weighted by atomic mass is 9.71. The molecule has 2 fully saturated rings. The molecule has 10 heteroatoms. The zero-order chi connectivity index (χ0) is 33.1. The number of rotatable bonds is 8. The van der Waals surface area contributed by atoms with Gasteiger partial charge in [-0.05, 0) is 88.8 Å². The summed E-state index contributed by atoms with van der Waals surface area (Å²) in [4.78, 5) is 42.9. The summed E-state index contributed by atoms with van der Waals surface area (Å²) in [5.74, 6) is -1.20. The summed E-state index contributed by atoms with van der Waals surface area (Å²) in [6, 6.07) is 19.3. The Balaban J connectivity index is 1.33. The third-order valence-corrected chi connectivity index (χ3v) is 9.15. The Labute approximate surface area is 269 Å². The zero-order valence-electron chi connectivity index (χ0n) is 26.9. The van der Waals surface area contributed by atoms with Crippen LogP contribution in [0.2, 0.25) is 0 Å². The summed E-state index contributed by atoms with van der Waals surface area (Å²) < 4.78 is 20.9. The largest absolute Gasteiger partial charge is 0.465 e. The Morgan fingerprint density at radius 1 is 1.00 bits per heavy atom. The Morgan fingerprint density at radius 3 is 2.22 bits per heavy atom. The van der Waals surface area contributed by atoms with E-state index in [0.29, 0.717) is 37.1 Å². The number of nitrogens with one attached hydrogen (secondary N) is 2. The highest BCUT2D eigenvalue weighted by Gasteiger charge is 2.41. The van der Waals surface area contributed by atoms with Gasteiger partial charge in [0.2, 0.25) is 0 Å². The maximum atomic E-state index is 15.4. The van der Waals surface area contributed by atoms with Crippen LogP contribution in [0.25, 0.3) is 22.4 Å². The van der Waals surface area contributed by atoms with E-state index in [0.717, 1.165) is 41.5 Å². The predicted octanol–water partition coefficient (Wildman–Crippen LogP) is 7.76. The van der Waals surface area contributed by atoms with Crippen LogP contribution >= 0.6 is 0 Å². The summed E-state index contributed by atoms with van der Waals surface area (Å²) in [6.45, 7) is 5.53. The maximum absolute atomic E-state index is 15.4. The predicted molar refractivity (Wildman–Crippen MR) is 175 cm³/mol. The van der Waals surface area contributed by atoms with Crippen molar-refractivity contribution in [2.75, 3.05) is 12.4 Å². The van der Waals surface area contributed by atoms with Crippen LogP contribution in [0, 0.1) is 5.92 Å². The zero-order valence-corrected chi connectivity index (χ0v) is 26.9. The van der Waals surface area contributed by atoms with Crippen LogP contribution in [-0.4, -0.2) is 57.9 Å². The molecule has 46 heavy (non-hydrogen) atoms. The number of carbonyl (C=O) groups excluding carboxylic acids is 2. The fourth-order valence-electron chi connectivity index (χ4n) is 6.43. The average Bonchev–Trinajstić information content (AvgIpc) is 3.02. The van der Waals surface area contributed by atoms with Gasteiger partial charge in [-0.25, -0.2) is 14.0 Å². The third-order valence-electron chi connectivity index (χ3n) is 9.15. The van der Waals surface area contributed by atoms with Crippen molar-refractivity contribution in [3.8, 4) is 22.4 Å². The minimum absolute atomic E-state index is 0.163. The van der Waals surface area contributed by atoms with Crippen molar-refractivity contribution < 1.29 is 28.6 Å².